The molecule has 1 aliphatic carbocycles. The largest absolute Gasteiger partial charge is 0.354 e. The first-order valence-electron chi connectivity index (χ1n) is 6.02. The first-order valence-corrected chi connectivity index (χ1v) is 6.65. The Morgan fingerprint density at radius 3 is 2.67 bits per heavy atom. The van der Waals surface area contributed by atoms with Gasteiger partial charge in [-0.05, 0) is 37.4 Å². The minimum absolute atomic E-state index is 0.213. The van der Waals surface area contributed by atoms with Crippen LogP contribution in [0.1, 0.15) is 52.4 Å². The summed E-state index contributed by atoms with van der Waals surface area (Å²) in [7, 11) is 0. The summed E-state index contributed by atoms with van der Waals surface area (Å²) in [6.07, 6.45) is 6.50. The summed E-state index contributed by atoms with van der Waals surface area (Å²) in [5.41, 5.74) is 0.248. The maximum Gasteiger partial charge on any atom is 0.220 e. The van der Waals surface area contributed by atoms with E-state index in [0.29, 0.717) is 12.5 Å². The molecule has 1 saturated carbocycles. The lowest BCUT2D eigenvalue weighted by Crippen LogP contribution is -2.34. The van der Waals surface area contributed by atoms with Crippen molar-refractivity contribution < 1.29 is 4.79 Å². The molecule has 0 radical (unpaired) electrons. The Morgan fingerprint density at radius 2 is 2.20 bits per heavy atom. The molecular formula is C12H23NOS. The zero-order valence-corrected chi connectivity index (χ0v) is 10.8. The van der Waals surface area contributed by atoms with Crippen molar-refractivity contribution in [3.63, 3.8) is 0 Å². The zero-order valence-electron chi connectivity index (χ0n) is 9.88. The smallest absolute Gasteiger partial charge is 0.220 e. The second kappa shape index (κ2) is 5.78. The molecule has 88 valence electrons. The standard InChI is InChI=1S/C12H23NOS/c1-3-4-5-10(2)13-11(14)8-12(9-15)6-7-12/h10,15H,3-9H2,1-2H3,(H,13,14). The predicted octanol–water partition coefficient (Wildman–Crippen LogP) is 2.78. The molecule has 1 atom stereocenters. The van der Waals surface area contributed by atoms with Gasteiger partial charge >= 0.3 is 0 Å². The van der Waals surface area contributed by atoms with Crippen LogP contribution < -0.4 is 5.32 Å². The molecule has 1 fully saturated rings. The van der Waals surface area contributed by atoms with E-state index in [0.717, 1.165) is 12.2 Å². The van der Waals surface area contributed by atoms with Crippen LogP contribution in [0.3, 0.4) is 0 Å². The Bertz CT molecular complexity index is 214. The number of unbranched alkanes of at least 4 members (excludes halogenated alkanes) is 1. The molecule has 0 spiro atoms. The van der Waals surface area contributed by atoms with Crippen LogP contribution in [0.4, 0.5) is 0 Å². The van der Waals surface area contributed by atoms with Gasteiger partial charge in [0.1, 0.15) is 0 Å². The van der Waals surface area contributed by atoms with Gasteiger partial charge in [0.2, 0.25) is 5.91 Å². The third-order valence-electron chi connectivity index (χ3n) is 3.23. The SMILES string of the molecule is CCCCC(C)NC(=O)CC1(CS)CC1. The number of carbonyl (C=O) groups excluding carboxylic acids is 1. The van der Waals surface area contributed by atoms with Gasteiger partial charge in [0.05, 0.1) is 0 Å². The van der Waals surface area contributed by atoms with E-state index in [1.807, 2.05) is 0 Å². The molecule has 1 N–H and O–H groups in total. The highest BCUT2D eigenvalue weighted by atomic mass is 32.1. The van der Waals surface area contributed by atoms with E-state index >= 15 is 0 Å². The second-order valence-corrected chi connectivity index (χ2v) is 5.26. The van der Waals surface area contributed by atoms with Crippen molar-refractivity contribution in [1.29, 1.82) is 0 Å². The lowest BCUT2D eigenvalue weighted by atomic mass is 10.0. The van der Waals surface area contributed by atoms with Crippen molar-refractivity contribution in [1.82, 2.24) is 5.32 Å². The summed E-state index contributed by atoms with van der Waals surface area (Å²) >= 11 is 4.31. The van der Waals surface area contributed by atoms with E-state index in [1.165, 1.54) is 25.7 Å². The van der Waals surface area contributed by atoms with E-state index in [2.05, 4.69) is 31.8 Å². The molecule has 0 aromatic rings. The Kier molecular flexibility index (Phi) is 4.97. The fourth-order valence-corrected chi connectivity index (χ4v) is 2.24. The lowest BCUT2D eigenvalue weighted by Gasteiger charge is -2.16. The first-order chi connectivity index (χ1) is 7.12. The highest BCUT2D eigenvalue weighted by Crippen LogP contribution is 2.49. The van der Waals surface area contributed by atoms with Gasteiger partial charge in [0.15, 0.2) is 0 Å². The molecule has 2 nitrogen and oxygen atoms in total. The average molecular weight is 229 g/mol. The fraction of sp³-hybridized carbons (Fsp3) is 0.917. The maximum absolute atomic E-state index is 11.7. The van der Waals surface area contributed by atoms with Crippen LogP contribution in [0.25, 0.3) is 0 Å². The first kappa shape index (κ1) is 12.9. The summed E-state index contributed by atoms with van der Waals surface area (Å²) in [6.45, 7) is 4.27. The predicted molar refractivity (Wildman–Crippen MR) is 67.3 cm³/mol. The molecule has 0 bridgehead atoms. The van der Waals surface area contributed by atoms with Crippen LogP contribution in [-0.4, -0.2) is 17.7 Å². The third kappa shape index (κ3) is 4.45. The molecule has 1 amide bonds. The van der Waals surface area contributed by atoms with Crippen LogP contribution in [0.5, 0.6) is 0 Å². The highest BCUT2D eigenvalue weighted by molar-refractivity contribution is 7.80. The number of carbonyl (C=O) groups is 1. The van der Waals surface area contributed by atoms with Crippen molar-refractivity contribution in [2.24, 2.45) is 5.41 Å². The van der Waals surface area contributed by atoms with Gasteiger partial charge in [-0.2, -0.15) is 12.6 Å². The number of rotatable bonds is 7. The van der Waals surface area contributed by atoms with Crippen LogP contribution in [0.2, 0.25) is 0 Å². The summed E-state index contributed by atoms with van der Waals surface area (Å²) < 4.78 is 0. The van der Waals surface area contributed by atoms with Gasteiger partial charge in [-0.1, -0.05) is 19.8 Å². The number of hydrogen-bond acceptors (Lipinski definition) is 2. The van der Waals surface area contributed by atoms with Crippen molar-refractivity contribution in [2.45, 2.75) is 58.4 Å². The third-order valence-corrected chi connectivity index (χ3v) is 3.90. The molecule has 0 saturated heterocycles. The number of amides is 1. The van der Waals surface area contributed by atoms with Gasteiger partial charge in [0, 0.05) is 12.5 Å². The molecule has 0 aromatic heterocycles. The average Bonchev–Trinajstić information content (AvgIpc) is 2.95. The van der Waals surface area contributed by atoms with Crippen LogP contribution in [0, 0.1) is 5.41 Å². The molecule has 3 heteroatoms. The maximum atomic E-state index is 11.7. The molecule has 1 unspecified atom stereocenters. The van der Waals surface area contributed by atoms with Crippen molar-refractivity contribution in [2.75, 3.05) is 5.75 Å². The fourth-order valence-electron chi connectivity index (χ4n) is 1.82. The Labute approximate surface area is 98.6 Å². The normalized spacial score (nSPS) is 19.7. The Hall–Kier alpha value is -0.180. The number of hydrogen-bond donors (Lipinski definition) is 2. The summed E-state index contributed by atoms with van der Waals surface area (Å²) in [5, 5.41) is 3.07. The van der Waals surface area contributed by atoms with Crippen molar-refractivity contribution >= 4 is 18.5 Å². The zero-order chi connectivity index (χ0) is 11.3. The molecule has 0 aliphatic heterocycles. The Morgan fingerprint density at radius 1 is 1.53 bits per heavy atom. The molecule has 0 aromatic carbocycles. The van der Waals surface area contributed by atoms with E-state index in [4.69, 9.17) is 0 Å². The van der Waals surface area contributed by atoms with Crippen molar-refractivity contribution in [3.8, 4) is 0 Å². The summed E-state index contributed by atoms with van der Waals surface area (Å²) in [6, 6.07) is 0.327. The Balaban J connectivity index is 2.18. The molecule has 0 heterocycles. The quantitative estimate of drug-likeness (QED) is 0.646. The molecule has 15 heavy (non-hydrogen) atoms. The summed E-state index contributed by atoms with van der Waals surface area (Å²) in [5.74, 6) is 1.06. The monoisotopic (exact) mass is 229 g/mol. The topological polar surface area (TPSA) is 29.1 Å². The summed E-state index contributed by atoms with van der Waals surface area (Å²) in [4.78, 5) is 11.7. The second-order valence-electron chi connectivity index (χ2n) is 4.95. The van der Waals surface area contributed by atoms with Crippen molar-refractivity contribution in [3.05, 3.63) is 0 Å². The van der Waals surface area contributed by atoms with Gasteiger partial charge in [-0.3, -0.25) is 4.79 Å². The van der Waals surface area contributed by atoms with Crippen LogP contribution >= 0.6 is 12.6 Å². The van der Waals surface area contributed by atoms with Gasteiger partial charge in [-0.15, -0.1) is 0 Å². The van der Waals surface area contributed by atoms with E-state index in [9.17, 15) is 4.79 Å². The van der Waals surface area contributed by atoms with E-state index < -0.39 is 0 Å². The van der Waals surface area contributed by atoms with Gasteiger partial charge in [-0.25, -0.2) is 0 Å². The minimum Gasteiger partial charge on any atom is -0.354 e. The van der Waals surface area contributed by atoms with Crippen LogP contribution in [-0.2, 0) is 4.79 Å². The van der Waals surface area contributed by atoms with E-state index in [-0.39, 0.29) is 11.3 Å². The van der Waals surface area contributed by atoms with Crippen LogP contribution in [0.15, 0.2) is 0 Å². The molecule has 1 aliphatic rings. The lowest BCUT2D eigenvalue weighted by molar-refractivity contribution is -0.122. The van der Waals surface area contributed by atoms with E-state index in [1.54, 1.807) is 0 Å². The number of thiol groups is 1. The van der Waals surface area contributed by atoms with Gasteiger partial charge < -0.3 is 5.32 Å². The number of nitrogens with one attached hydrogen (secondary N) is 1. The minimum atomic E-state index is 0.213. The molecule has 1 rings (SSSR count). The highest BCUT2D eigenvalue weighted by Gasteiger charge is 2.42. The molecular weight excluding hydrogens is 206 g/mol. The van der Waals surface area contributed by atoms with Gasteiger partial charge in [0.25, 0.3) is 0 Å².